The Morgan fingerprint density at radius 1 is 1.09 bits per heavy atom. The van der Waals surface area contributed by atoms with Crippen molar-refractivity contribution in [1.29, 1.82) is 0 Å². The van der Waals surface area contributed by atoms with Gasteiger partial charge in [-0.2, -0.15) is 0 Å². The van der Waals surface area contributed by atoms with Gasteiger partial charge in [-0.1, -0.05) is 29.3 Å². The molecule has 2 heterocycles. The number of imidazole rings is 1. The highest BCUT2D eigenvalue weighted by atomic mass is 35.5. The molecule has 1 aliphatic carbocycles. The van der Waals surface area contributed by atoms with Gasteiger partial charge in [-0.15, -0.1) is 0 Å². The molecule has 1 saturated heterocycles. The van der Waals surface area contributed by atoms with Crippen LogP contribution in [0.3, 0.4) is 0 Å². The third-order valence-corrected chi connectivity index (χ3v) is 7.45. The van der Waals surface area contributed by atoms with Crippen molar-refractivity contribution in [3.8, 4) is 11.5 Å². The van der Waals surface area contributed by atoms with Crippen LogP contribution in [0, 0.1) is 5.92 Å². The average molecular weight is 488 g/mol. The lowest BCUT2D eigenvalue weighted by Gasteiger charge is -2.29. The van der Waals surface area contributed by atoms with E-state index in [-0.39, 0.29) is 23.8 Å². The summed E-state index contributed by atoms with van der Waals surface area (Å²) in [5.41, 5.74) is 2.71. The molecule has 0 bridgehead atoms. The van der Waals surface area contributed by atoms with E-state index in [4.69, 9.17) is 32.7 Å². The van der Waals surface area contributed by atoms with E-state index in [0.29, 0.717) is 23.0 Å². The Bertz CT molecular complexity index is 1130. The predicted octanol–water partition coefficient (Wildman–Crippen LogP) is 5.66. The van der Waals surface area contributed by atoms with E-state index in [2.05, 4.69) is 27.4 Å². The summed E-state index contributed by atoms with van der Waals surface area (Å²) in [5.74, 6) is 2.36. The summed E-state index contributed by atoms with van der Waals surface area (Å²) < 4.78 is 11.8. The van der Waals surface area contributed by atoms with E-state index in [9.17, 15) is 4.79 Å². The molecule has 1 saturated carbocycles. The molecule has 2 fully saturated rings. The first kappa shape index (κ1) is 22.4. The van der Waals surface area contributed by atoms with Crippen LogP contribution in [0.1, 0.15) is 49.4 Å². The highest BCUT2D eigenvalue weighted by molar-refractivity contribution is 6.42. The number of ether oxygens (including phenoxy) is 2. The smallest absolute Gasteiger partial charge is 0.223 e. The number of benzene rings is 2. The third-order valence-electron chi connectivity index (χ3n) is 6.73. The summed E-state index contributed by atoms with van der Waals surface area (Å²) in [6.07, 6.45) is 6.11. The first-order valence-electron chi connectivity index (χ1n) is 11.5. The van der Waals surface area contributed by atoms with Crippen LogP contribution in [0.5, 0.6) is 11.5 Å². The molecular formula is C25H27Cl2N3O3. The number of carbonyl (C=O) groups excluding carboxylic acids is 1. The molecule has 0 unspecified atom stereocenters. The van der Waals surface area contributed by atoms with Gasteiger partial charge in [0.25, 0.3) is 0 Å². The number of methoxy groups -OCH3 is 1. The van der Waals surface area contributed by atoms with Crippen molar-refractivity contribution in [2.45, 2.75) is 50.5 Å². The summed E-state index contributed by atoms with van der Waals surface area (Å²) in [4.78, 5) is 20.6. The fourth-order valence-electron chi connectivity index (χ4n) is 4.94. The third kappa shape index (κ3) is 4.78. The maximum absolute atomic E-state index is 12.7. The van der Waals surface area contributed by atoms with E-state index in [1.807, 2.05) is 6.07 Å². The number of H-pyrrole nitrogens is 1. The van der Waals surface area contributed by atoms with Crippen LogP contribution in [-0.4, -0.2) is 35.6 Å². The van der Waals surface area contributed by atoms with Gasteiger partial charge in [0.2, 0.25) is 5.91 Å². The molecule has 174 valence electrons. The minimum Gasteiger partial charge on any atom is -0.493 e. The lowest BCUT2D eigenvalue weighted by atomic mass is 9.83. The van der Waals surface area contributed by atoms with Crippen LogP contribution in [-0.2, 0) is 11.2 Å². The molecule has 1 aromatic heterocycles. The van der Waals surface area contributed by atoms with E-state index in [1.54, 1.807) is 19.2 Å². The topological polar surface area (TPSA) is 76.2 Å². The molecule has 33 heavy (non-hydrogen) atoms. The van der Waals surface area contributed by atoms with Crippen molar-refractivity contribution >= 4 is 40.1 Å². The van der Waals surface area contributed by atoms with E-state index in [1.165, 1.54) is 12.8 Å². The van der Waals surface area contributed by atoms with Crippen molar-refractivity contribution in [3.05, 3.63) is 51.8 Å². The zero-order valence-corrected chi connectivity index (χ0v) is 20.0. The van der Waals surface area contributed by atoms with Crippen LogP contribution < -0.4 is 14.8 Å². The number of nitrogens with one attached hydrogen (secondary N) is 2. The monoisotopic (exact) mass is 487 g/mol. The van der Waals surface area contributed by atoms with Gasteiger partial charge in [-0.25, -0.2) is 4.98 Å². The minimum atomic E-state index is -0.184. The lowest BCUT2D eigenvalue weighted by Crippen LogP contribution is -2.41. The molecule has 0 spiro atoms. The summed E-state index contributed by atoms with van der Waals surface area (Å²) >= 11 is 12.2. The van der Waals surface area contributed by atoms with Gasteiger partial charge < -0.3 is 19.8 Å². The zero-order valence-electron chi connectivity index (χ0n) is 18.5. The molecule has 1 amide bonds. The van der Waals surface area contributed by atoms with Crippen LogP contribution >= 0.6 is 23.2 Å². The summed E-state index contributed by atoms with van der Waals surface area (Å²) in [6, 6.07) is 9.64. The molecule has 1 aliphatic heterocycles. The number of halogens is 2. The fourth-order valence-corrected chi connectivity index (χ4v) is 5.27. The molecule has 6 nitrogen and oxygen atoms in total. The van der Waals surface area contributed by atoms with Gasteiger partial charge in [-0.3, -0.25) is 4.79 Å². The van der Waals surface area contributed by atoms with Crippen molar-refractivity contribution in [1.82, 2.24) is 15.3 Å². The van der Waals surface area contributed by atoms with Crippen molar-refractivity contribution in [2.75, 3.05) is 13.7 Å². The van der Waals surface area contributed by atoms with Gasteiger partial charge in [-0.05, 0) is 61.9 Å². The second-order valence-electron chi connectivity index (χ2n) is 8.98. The Morgan fingerprint density at radius 2 is 1.88 bits per heavy atom. The van der Waals surface area contributed by atoms with E-state index >= 15 is 0 Å². The molecule has 8 heteroatoms. The molecular weight excluding hydrogens is 461 g/mol. The molecule has 2 aliphatic rings. The second-order valence-corrected chi connectivity index (χ2v) is 9.79. The van der Waals surface area contributed by atoms with Gasteiger partial charge in [0.05, 0.1) is 34.3 Å². The number of nitrogens with zero attached hydrogens (tertiary/aromatic N) is 1. The van der Waals surface area contributed by atoms with Crippen LogP contribution in [0.15, 0.2) is 30.3 Å². The molecule has 5 rings (SSSR count). The Labute approximate surface area is 203 Å². The maximum Gasteiger partial charge on any atom is 0.223 e. The molecule has 0 radical (unpaired) electrons. The van der Waals surface area contributed by atoms with Gasteiger partial charge in [0.15, 0.2) is 11.5 Å². The zero-order chi connectivity index (χ0) is 22.9. The minimum absolute atomic E-state index is 0.0544. The predicted molar refractivity (Wildman–Crippen MR) is 130 cm³/mol. The Hall–Kier alpha value is -2.44. The number of aromatic amines is 1. The Balaban J connectivity index is 1.34. The molecule has 2 N–H and O–H groups in total. The standard InChI is InChI=1S/C25H27Cl2N3O3/c1-32-22-7-6-14(9-23(22)33-17-4-2-3-5-17)16-8-15(25(31)28-13-16)10-24-29-20-11-18(26)19(27)12-21(20)30-24/h6-7,9,11-12,15-17H,2-5,8,10,13H2,1H3,(H,28,31)(H,29,30)/t15-,16+/m0/s1. The lowest BCUT2D eigenvalue weighted by molar-refractivity contribution is -0.127. The SMILES string of the molecule is COc1ccc([C@H]2CNC(=O)[C@H](Cc3nc4cc(Cl)c(Cl)cc4[nH]3)C2)cc1OC1CCCC1. The highest BCUT2D eigenvalue weighted by Gasteiger charge is 2.31. The first-order chi connectivity index (χ1) is 16.0. The number of amides is 1. The number of piperidine rings is 1. The molecule has 2 aromatic carbocycles. The number of hydrogen-bond donors (Lipinski definition) is 2. The fraction of sp³-hybridized carbons (Fsp3) is 0.440. The van der Waals surface area contributed by atoms with Gasteiger partial charge in [0, 0.05) is 24.8 Å². The highest BCUT2D eigenvalue weighted by Crippen LogP contribution is 2.37. The Kier molecular flexibility index (Phi) is 6.39. The van der Waals surface area contributed by atoms with E-state index < -0.39 is 0 Å². The van der Waals surface area contributed by atoms with E-state index in [0.717, 1.165) is 53.2 Å². The Morgan fingerprint density at radius 3 is 2.67 bits per heavy atom. The number of hydrogen-bond acceptors (Lipinski definition) is 4. The van der Waals surface area contributed by atoms with Crippen molar-refractivity contribution in [3.63, 3.8) is 0 Å². The largest absolute Gasteiger partial charge is 0.493 e. The molecule has 3 aromatic rings. The summed E-state index contributed by atoms with van der Waals surface area (Å²) in [6.45, 7) is 0.607. The van der Waals surface area contributed by atoms with Crippen molar-refractivity contribution < 1.29 is 14.3 Å². The van der Waals surface area contributed by atoms with Crippen molar-refractivity contribution in [2.24, 2.45) is 5.92 Å². The first-order valence-corrected chi connectivity index (χ1v) is 12.2. The quantitative estimate of drug-likeness (QED) is 0.470. The summed E-state index contributed by atoms with van der Waals surface area (Å²) in [5, 5.41) is 4.02. The number of aromatic nitrogens is 2. The molecule has 2 atom stereocenters. The van der Waals surface area contributed by atoms with Crippen LogP contribution in [0.2, 0.25) is 10.0 Å². The maximum atomic E-state index is 12.7. The van der Waals surface area contributed by atoms with Crippen LogP contribution in [0.4, 0.5) is 0 Å². The normalized spacial score (nSPS) is 21.4. The van der Waals surface area contributed by atoms with Gasteiger partial charge in [0.1, 0.15) is 5.82 Å². The number of fused-ring (bicyclic) bond motifs is 1. The number of carbonyl (C=O) groups is 1. The van der Waals surface area contributed by atoms with Gasteiger partial charge >= 0.3 is 0 Å². The average Bonchev–Trinajstić information content (AvgIpc) is 3.45. The number of rotatable bonds is 6. The summed E-state index contributed by atoms with van der Waals surface area (Å²) in [7, 11) is 1.67. The second kappa shape index (κ2) is 9.43. The van der Waals surface area contributed by atoms with Crippen LogP contribution in [0.25, 0.3) is 11.0 Å².